The summed E-state index contributed by atoms with van der Waals surface area (Å²) >= 11 is 2.08. The van der Waals surface area contributed by atoms with Gasteiger partial charge in [0, 0.05) is 24.4 Å². The van der Waals surface area contributed by atoms with Crippen molar-refractivity contribution in [1.82, 2.24) is 25.4 Å². The minimum absolute atomic E-state index is 0. The lowest BCUT2D eigenvalue weighted by atomic mass is 9.96. The maximum absolute atomic E-state index is 4.82. The maximum Gasteiger partial charge on any atom is 0.191 e. The summed E-state index contributed by atoms with van der Waals surface area (Å²) in [7, 11) is 2.00. The van der Waals surface area contributed by atoms with E-state index in [4.69, 9.17) is 4.99 Å². The van der Waals surface area contributed by atoms with Crippen molar-refractivity contribution < 1.29 is 0 Å². The number of rotatable bonds is 5. The summed E-state index contributed by atoms with van der Waals surface area (Å²) in [5, 5.41) is 15.6. The number of guanidine groups is 1. The number of nitrogens with zero attached hydrogens (tertiary/aromatic N) is 4. The molecule has 3 rings (SSSR count). The quantitative estimate of drug-likeness (QED) is 0.375. The Bertz CT molecular complexity index is 591. The third-order valence-electron chi connectivity index (χ3n) is 5.44. The lowest BCUT2D eigenvalue weighted by Gasteiger charge is -2.28. The van der Waals surface area contributed by atoms with Crippen molar-refractivity contribution in [2.24, 2.45) is 12.0 Å². The highest BCUT2D eigenvalue weighted by Gasteiger charge is 2.29. The Morgan fingerprint density at radius 2 is 2.04 bits per heavy atom. The summed E-state index contributed by atoms with van der Waals surface area (Å²) in [4.78, 5) is 4.82. The van der Waals surface area contributed by atoms with Crippen molar-refractivity contribution in [3.63, 3.8) is 0 Å². The summed E-state index contributed by atoms with van der Waals surface area (Å²) in [6, 6.07) is 0.547. The van der Waals surface area contributed by atoms with Gasteiger partial charge in [0.05, 0.1) is 0 Å². The van der Waals surface area contributed by atoms with Gasteiger partial charge in [-0.1, -0.05) is 19.3 Å². The second-order valence-electron chi connectivity index (χ2n) is 7.62. The lowest BCUT2D eigenvalue weighted by Crippen LogP contribution is -2.47. The highest BCUT2D eigenvalue weighted by atomic mass is 127. The van der Waals surface area contributed by atoms with E-state index in [1.54, 1.807) is 0 Å². The fourth-order valence-electron chi connectivity index (χ4n) is 3.58. The Hall–Kier alpha value is -0.510. The first-order valence-corrected chi connectivity index (χ1v) is 10.6. The van der Waals surface area contributed by atoms with Crippen molar-refractivity contribution >= 4 is 41.7 Å². The summed E-state index contributed by atoms with van der Waals surface area (Å²) in [6.07, 6.45) is 9.10. The van der Waals surface area contributed by atoms with E-state index >= 15 is 0 Å². The highest BCUT2D eigenvalue weighted by Crippen LogP contribution is 2.36. The fourth-order valence-corrected chi connectivity index (χ4v) is 4.82. The van der Waals surface area contributed by atoms with Crippen LogP contribution in [-0.4, -0.2) is 43.8 Å². The van der Waals surface area contributed by atoms with Gasteiger partial charge in [-0.25, -0.2) is 4.99 Å². The van der Waals surface area contributed by atoms with E-state index < -0.39 is 0 Å². The summed E-state index contributed by atoms with van der Waals surface area (Å²) < 4.78 is 2.34. The van der Waals surface area contributed by atoms with Crippen molar-refractivity contribution in [2.75, 3.05) is 12.3 Å². The summed E-state index contributed by atoms with van der Waals surface area (Å²) in [5.41, 5.74) is 0. The Morgan fingerprint density at radius 1 is 1.27 bits per heavy atom. The van der Waals surface area contributed by atoms with Crippen LogP contribution in [-0.2, 0) is 13.6 Å². The number of aryl methyl sites for hydroxylation is 1. The van der Waals surface area contributed by atoms with E-state index in [1.165, 1.54) is 50.7 Å². The molecule has 2 fully saturated rings. The van der Waals surface area contributed by atoms with Gasteiger partial charge in [0.2, 0.25) is 0 Å². The van der Waals surface area contributed by atoms with Crippen LogP contribution < -0.4 is 10.6 Å². The van der Waals surface area contributed by atoms with Crippen molar-refractivity contribution in [3.8, 4) is 0 Å². The minimum Gasteiger partial charge on any atom is -0.355 e. The molecule has 0 radical (unpaired) electrons. The summed E-state index contributed by atoms with van der Waals surface area (Å²) in [6.45, 7) is 5.86. The van der Waals surface area contributed by atoms with Crippen LogP contribution in [0.15, 0.2) is 4.99 Å². The predicted octanol–water partition coefficient (Wildman–Crippen LogP) is 3.40. The molecule has 2 N–H and O–H groups in total. The molecule has 0 amide bonds. The van der Waals surface area contributed by atoms with Gasteiger partial charge in [-0.2, -0.15) is 11.8 Å². The molecular weight excluding hydrogens is 459 g/mol. The van der Waals surface area contributed by atoms with Crippen LogP contribution in [0.4, 0.5) is 0 Å². The Kier molecular flexibility index (Phi) is 8.50. The molecule has 2 aliphatic rings. The van der Waals surface area contributed by atoms with Crippen LogP contribution in [0.1, 0.15) is 63.5 Å². The first kappa shape index (κ1) is 21.8. The highest BCUT2D eigenvalue weighted by molar-refractivity contribution is 14.0. The van der Waals surface area contributed by atoms with E-state index in [0.29, 0.717) is 17.3 Å². The molecule has 26 heavy (non-hydrogen) atoms. The molecule has 1 aliphatic heterocycles. The first-order chi connectivity index (χ1) is 12.1. The molecule has 6 nitrogen and oxygen atoms in total. The largest absolute Gasteiger partial charge is 0.355 e. The molecule has 1 aromatic rings. The molecule has 1 saturated carbocycles. The average molecular weight is 492 g/mol. The predicted molar refractivity (Wildman–Crippen MR) is 120 cm³/mol. The standard InChI is InChI=1S/C18H32N6S.HI/c1-14-22-23-16(24(14)3)12-19-17(21-15-8-5-4-6-9-15)20-13-18(2)10-7-11-25-18;/h15H,4-13H2,1-3H3,(H2,19,20,21);1H. The third-order valence-corrected chi connectivity index (χ3v) is 6.98. The minimum atomic E-state index is 0. The average Bonchev–Trinajstić information content (AvgIpc) is 3.19. The second kappa shape index (κ2) is 10.1. The van der Waals surface area contributed by atoms with E-state index in [1.807, 2.05) is 18.5 Å². The van der Waals surface area contributed by atoms with Crippen molar-refractivity contribution in [1.29, 1.82) is 0 Å². The van der Waals surface area contributed by atoms with E-state index in [-0.39, 0.29) is 24.0 Å². The molecule has 1 atom stereocenters. The van der Waals surface area contributed by atoms with E-state index in [2.05, 4.69) is 39.5 Å². The zero-order valence-corrected chi connectivity index (χ0v) is 19.4. The number of halogens is 1. The van der Waals surface area contributed by atoms with Gasteiger partial charge >= 0.3 is 0 Å². The van der Waals surface area contributed by atoms with Crippen LogP contribution in [0.3, 0.4) is 0 Å². The molecule has 0 aromatic carbocycles. The number of thioether (sulfide) groups is 1. The molecule has 1 unspecified atom stereocenters. The number of hydrogen-bond donors (Lipinski definition) is 2. The van der Waals surface area contributed by atoms with E-state index in [9.17, 15) is 0 Å². The fraction of sp³-hybridized carbons (Fsp3) is 0.833. The van der Waals surface area contributed by atoms with Crippen LogP contribution in [0.2, 0.25) is 0 Å². The molecule has 8 heteroatoms. The monoisotopic (exact) mass is 492 g/mol. The zero-order chi connectivity index (χ0) is 17.7. The van der Waals surface area contributed by atoms with Gasteiger partial charge in [0.15, 0.2) is 11.8 Å². The van der Waals surface area contributed by atoms with Crippen LogP contribution >= 0.6 is 35.7 Å². The van der Waals surface area contributed by atoms with Crippen molar-refractivity contribution in [3.05, 3.63) is 11.6 Å². The molecular formula is C18H33IN6S. The van der Waals surface area contributed by atoms with Gasteiger partial charge in [-0.05, 0) is 45.3 Å². The van der Waals surface area contributed by atoms with Gasteiger partial charge in [0.25, 0.3) is 0 Å². The molecule has 1 aliphatic carbocycles. The van der Waals surface area contributed by atoms with Crippen LogP contribution in [0, 0.1) is 6.92 Å². The molecule has 2 heterocycles. The van der Waals surface area contributed by atoms with Gasteiger partial charge in [-0.3, -0.25) is 0 Å². The maximum atomic E-state index is 4.82. The smallest absolute Gasteiger partial charge is 0.191 e. The number of hydrogen-bond acceptors (Lipinski definition) is 4. The third kappa shape index (κ3) is 6.00. The van der Waals surface area contributed by atoms with Gasteiger partial charge in [0.1, 0.15) is 12.4 Å². The summed E-state index contributed by atoms with van der Waals surface area (Å²) in [5.74, 6) is 4.04. The topological polar surface area (TPSA) is 67.1 Å². The Balaban J connectivity index is 0.00000243. The first-order valence-electron chi connectivity index (χ1n) is 9.59. The second-order valence-corrected chi connectivity index (χ2v) is 9.30. The number of aromatic nitrogens is 3. The normalized spacial score (nSPS) is 24.3. The Labute approximate surface area is 178 Å². The number of aliphatic imine (C=N–C) groups is 1. The SMILES string of the molecule is Cc1nnc(CN=C(NCC2(C)CCCS2)NC2CCCCC2)n1C.I. The molecule has 0 bridgehead atoms. The van der Waals surface area contributed by atoms with Gasteiger partial charge < -0.3 is 15.2 Å². The molecule has 1 aromatic heterocycles. The van der Waals surface area contributed by atoms with Crippen LogP contribution in [0.25, 0.3) is 0 Å². The van der Waals surface area contributed by atoms with Crippen LogP contribution in [0.5, 0.6) is 0 Å². The molecule has 1 saturated heterocycles. The zero-order valence-electron chi connectivity index (χ0n) is 16.3. The molecule has 148 valence electrons. The number of nitrogens with one attached hydrogen (secondary N) is 2. The van der Waals surface area contributed by atoms with E-state index in [0.717, 1.165) is 24.2 Å². The lowest BCUT2D eigenvalue weighted by molar-refractivity contribution is 0.408. The van der Waals surface area contributed by atoms with Gasteiger partial charge in [-0.15, -0.1) is 34.2 Å². The molecule has 0 spiro atoms. The van der Waals surface area contributed by atoms with Crippen molar-refractivity contribution in [2.45, 2.75) is 76.1 Å². The Morgan fingerprint density at radius 3 is 2.65 bits per heavy atom.